The van der Waals surface area contributed by atoms with Gasteiger partial charge < -0.3 is 4.90 Å². The van der Waals surface area contributed by atoms with E-state index in [0.29, 0.717) is 24.2 Å². The summed E-state index contributed by atoms with van der Waals surface area (Å²) in [5, 5.41) is 0. The Morgan fingerprint density at radius 1 is 1.05 bits per heavy atom. The third kappa shape index (κ3) is 3.37. The summed E-state index contributed by atoms with van der Waals surface area (Å²) in [6, 6.07) is 6.59. The first-order chi connectivity index (χ1) is 10.1. The summed E-state index contributed by atoms with van der Waals surface area (Å²) in [5.74, 6) is 1.75. The molecule has 2 atom stereocenters. The van der Waals surface area contributed by atoms with Crippen molar-refractivity contribution in [2.75, 3.05) is 13.1 Å². The second-order valence-corrected chi connectivity index (χ2v) is 6.76. The van der Waals surface area contributed by atoms with Gasteiger partial charge >= 0.3 is 0 Å². The van der Waals surface area contributed by atoms with Gasteiger partial charge in [0.2, 0.25) is 5.91 Å². The van der Waals surface area contributed by atoms with Crippen LogP contribution in [-0.4, -0.2) is 23.9 Å². The number of allylic oxidation sites excluding steroid dienone is 2. The van der Waals surface area contributed by atoms with E-state index in [0.717, 1.165) is 32.4 Å². The topological polar surface area (TPSA) is 20.3 Å². The molecule has 0 radical (unpaired) electrons. The summed E-state index contributed by atoms with van der Waals surface area (Å²) < 4.78 is 0. The van der Waals surface area contributed by atoms with Gasteiger partial charge in [-0.25, -0.2) is 0 Å². The number of fused-ring (bicyclic) bond motifs is 1. The average Bonchev–Trinajstić information content (AvgIpc) is 2.87. The Labute approximate surface area is 127 Å². The SMILES string of the molecule is Cc1cc(C)cc(CCC(=O)N2C[C@H]3CC=CC[C@H]3C2)c1. The number of nitrogens with zero attached hydrogens (tertiary/aromatic N) is 1. The van der Waals surface area contributed by atoms with Crippen LogP contribution in [0.25, 0.3) is 0 Å². The van der Waals surface area contributed by atoms with E-state index in [4.69, 9.17) is 0 Å². The minimum absolute atomic E-state index is 0.337. The third-order valence-corrected chi connectivity index (χ3v) is 4.88. The quantitative estimate of drug-likeness (QED) is 0.775. The maximum absolute atomic E-state index is 12.4. The maximum atomic E-state index is 12.4. The Balaban J connectivity index is 1.55. The van der Waals surface area contributed by atoms with Gasteiger partial charge in [0.15, 0.2) is 0 Å². The van der Waals surface area contributed by atoms with Gasteiger partial charge in [-0.05, 0) is 50.5 Å². The molecule has 2 heteroatoms. The van der Waals surface area contributed by atoms with E-state index < -0.39 is 0 Å². The van der Waals surface area contributed by atoms with Gasteiger partial charge in [-0.1, -0.05) is 41.5 Å². The molecule has 2 nitrogen and oxygen atoms in total. The van der Waals surface area contributed by atoms with Gasteiger partial charge in [-0.15, -0.1) is 0 Å². The smallest absolute Gasteiger partial charge is 0.222 e. The fourth-order valence-electron chi connectivity index (χ4n) is 3.84. The molecule has 2 aliphatic rings. The second kappa shape index (κ2) is 6.05. The van der Waals surface area contributed by atoms with Crippen LogP contribution < -0.4 is 0 Å². The van der Waals surface area contributed by atoms with Crippen molar-refractivity contribution < 1.29 is 4.79 Å². The lowest BCUT2D eigenvalue weighted by Gasteiger charge is -2.17. The number of rotatable bonds is 3. The zero-order valence-corrected chi connectivity index (χ0v) is 13.1. The zero-order chi connectivity index (χ0) is 14.8. The molecule has 1 amide bonds. The molecular weight excluding hydrogens is 258 g/mol. The predicted octanol–water partition coefficient (Wildman–Crippen LogP) is 3.66. The van der Waals surface area contributed by atoms with Gasteiger partial charge in [0, 0.05) is 19.5 Å². The van der Waals surface area contributed by atoms with Crippen LogP contribution in [0.15, 0.2) is 30.4 Å². The van der Waals surface area contributed by atoms with E-state index in [1.807, 2.05) is 0 Å². The van der Waals surface area contributed by atoms with E-state index in [-0.39, 0.29) is 0 Å². The van der Waals surface area contributed by atoms with Crippen LogP contribution in [0.3, 0.4) is 0 Å². The highest BCUT2D eigenvalue weighted by atomic mass is 16.2. The Bertz CT molecular complexity index is 524. The minimum atomic E-state index is 0.337. The number of likely N-dealkylation sites (tertiary alicyclic amines) is 1. The van der Waals surface area contributed by atoms with Crippen LogP contribution in [-0.2, 0) is 11.2 Å². The van der Waals surface area contributed by atoms with E-state index in [1.165, 1.54) is 16.7 Å². The highest BCUT2D eigenvalue weighted by Crippen LogP contribution is 2.33. The van der Waals surface area contributed by atoms with Crippen LogP contribution in [0, 0.1) is 25.7 Å². The van der Waals surface area contributed by atoms with Crippen molar-refractivity contribution in [1.29, 1.82) is 0 Å². The van der Waals surface area contributed by atoms with E-state index in [1.54, 1.807) is 0 Å². The monoisotopic (exact) mass is 283 g/mol. The molecule has 0 spiro atoms. The van der Waals surface area contributed by atoms with Crippen LogP contribution in [0.4, 0.5) is 0 Å². The first kappa shape index (κ1) is 14.4. The zero-order valence-electron chi connectivity index (χ0n) is 13.1. The Kier molecular flexibility index (Phi) is 4.14. The molecule has 3 rings (SSSR count). The van der Waals surface area contributed by atoms with Crippen molar-refractivity contribution >= 4 is 5.91 Å². The first-order valence-corrected chi connectivity index (χ1v) is 8.12. The number of benzene rings is 1. The van der Waals surface area contributed by atoms with Crippen molar-refractivity contribution in [1.82, 2.24) is 4.90 Å². The number of hydrogen-bond acceptors (Lipinski definition) is 1. The van der Waals surface area contributed by atoms with E-state index in [2.05, 4.69) is 49.1 Å². The van der Waals surface area contributed by atoms with Crippen molar-refractivity contribution in [3.63, 3.8) is 0 Å². The molecule has 0 aromatic heterocycles. The van der Waals surface area contributed by atoms with Crippen LogP contribution in [0.2, 0.25) is 0 Å². The molecule has 1 aromatic rings. The predicted molar refractivity (Wildman–Crippen MR) is 86.2 cm³/mol. The number of carbonyl (C=O) groups excluding carboxylic acids is 1. The normalized spacial score (nSPS) is 24.2. The summed E-state index contributed by atoms with van der Waals surface area (Å²) >= 11 is 0. The van der Waals surface area contributed by atoms with Crippen LogP contribution >= 0.6 is 0 Å². The molecule has 1 saturated heterocycles. The molecule has 1 aliphatic carbocycles. The van der Waals surface area contributed by atoms with E-state index >= 15 is 0 Å². The van der Waals surface area contributed by atoms with Gasteiger partial charge in [0.1, 0.15) is 0 Å². The van der Waals surface area contributed by atoms with Gasteiger partial charge in [-0.2, -0.15) is 0 Å². The lowest BCUT2D eigenvalue weighted by atomic mass is 9.86. The van der Waals surface area contributed by atoms with Crippen molar-refractivity contribution in [3.05, 3.63) is 47.0 Å². The van der Waals surface area contributed by atoms with Gasteiger partial charge in [0.05, 0.1) is 0 Å². The highest BCUT2D eigenvalue weighted by Gasteiger charge is 2.34. The van der Waals surface area contributed by atoms with Crippen molar-refractivity contribution in [2.45, 2.75) is 39.5 Å². The molecule has 1 aliphatic heterocycles. The fraction of sp³-hybridized carbons (Fsp3) is 0.526. The van der Waals surface area contributed by atoms with Crippen LogP contribution in [0.1, 0.15) is 36.0 Å². The van der Waals surface area contributed by atoms with E-state index in [9.17, 15) is 4.79 Å². The molecule has 112 valence electrons. The Morgan fingerprint density at radius 2 is 1.62 bits per heavy atom. The van der Waals surface area contributed by atoms with Gasteiger partial charge in [0.25, 0.3) is 0 Å². The molecule has 0 N–H and O–H groups in total. The first-order valence-electron chi connectivity index (χ1n) is 8.12. The summed E-state index contributed by atoms with van der Waals surface area (Å²) in [5.41, 5.74) is 3.87. The molecule has 1 heterocycles. The Hall–Kier alpha value is -1.57. The highest BCUT2D eigenvalue weighted by molar-refractivity contribution is 5.76. The maximum Gasteiger partial charge on any atom is 0.222 e. The molecule has 1 fully saturated rings. The van der Waals surface area contributed by atoms with Crippen LogP contribution in [0.5, 0.6) is 0 Å². The average molecular weight is 283 g/mol. The number of hydrogen-bond donors (Lipinski definition) is 0. The number of aryl methyl sites for hydroxylation is 3. The molecule has 0 bridgehead atoms. The molecular formula is C19H25NO. The largest absolute Gasteiger partial charge is 0.342 e. The molecule has 21 heavy (non-hydrogen) atoms. The van der Waals surface area contributed by atoms with Crippen molar-refractivity contribution in [2.24, 2.45) is 11.8 Å². The number of carbonyl (C=O) groups is 1. The minimum Gasteiger partial charge on any atom is -0.342 e. The lowest BCUT2D eigenvalue weighted by Crippen LogP contribution is -2.29. The summed E-state index contributed by atoms with van der Waals surface area (Å²) in [6.45, 7) is 6.19. The molecule has 0 unspecified atom stereocenters. The number of amides is 1. The molecule has 1 aromatic carbocycles. The second-order valence-electron chi connectivity index (χ2n) is 6.76. The lowest BCUT2D eigenvalue weighted by molar-refractivity contribution is -0.130. The third-order valence-electron chi connectivity index (χ3n) is 4.88. The summed E-state index contributed by atoms with van der Waals surface area (Å²) in [4.78, 5) is 14.5. The summed E-state index contributed by atoms with van der Waals surface area (Å²) in [6.07, 6.45) is 8.40. The fourth-order valence-corrected chi connectivity index (χ4v) is 3.84. The van der Waals surface area contributed by atoms with Gasteiger partial charge in [-0.3, -0.25) is 4.79 Å². The summed E-state index contributed by atoms with van der Waals surface area (Å²) in [7, 11) is 0. The standard InChI is InChI=1S/C19H25NO/c1-14-9-15(2)11-16(10-14)7-8-19(21)20-12-17-5-3-4-6-18(17)13-20/h3-4,9-11,17-18H,5-8,12-13H2,1-2H3/t17-,18+. The Morgan fingerprint density at radius 3 is 2.19 bits per heavy atom. The molecule has 0 saturated carbocycles. The van der Waals surface area contributed by atoms with Crippen molar-refractivity contribution in [3.8, 4) is 0 Å².